The number of piperazine rings is 1. The van der Waals surface area contributed by atoms with Crippen molar-refractivity contribution < 1.29 is 13.2 Å². The third kappa shape index (κ3) is 4.18. The lowest BCUT2D eigenvalue weighted by molar-refractivity contribution is -0.134. The highest BCUT2D eigenvalue weighted by atomic mass is 35.5. The van der Waals surface area contributed by atoms with Crippen molar-refractivity contribution in [2.24, 2.45) is 0 Å². The molecule has 35 heavy (non-hydrogen) atoms. The largest absolute Gasteiger partial charge is 0.371 e. The maximum Gasteiger partial charge on any atom is 0.243 e. The van der Waals surface area contributed by atoms with Gasteiger partial charge in [-0.3, -0.25) is 9.78 Å². The lowest BCUT2D eigenvalue weighted by atomic mass is 9.94. The lowest BCUT2D eigenvalue weighted by Gasteiger charge is -2.39. The Morgan fingerprint density at radius 3 is 2.49 bits per heavy atom. The van der Waals surface area contributed by atoms with Crippen LogP contribution < -0.4 is 4.90 Å². The van der Waals surface area contributed by atoms with Crippen LogP contribution in [0, 0.1) is 0 Å². The van der Waals surface area contributed by atoms with Gasteiger partial charge in [0.2, 0.25) is 15.9 Å². The zero-order chi connectivity index (χ0) is 24.2. The summed E-state index contributed by atoms with van der Waals surface area (Å²) in [6.45, 7) is 2.71. The minimum Gasteiger partial charge on any atom is -0.371 e. The van der Waals surface area contributed by atoms with E-state index < -0.39 is 10.0 Å². The first-order valence-corrected chi connectivity index (χ1v) is 14.3. The molecule has 3 saturated heterocycles. The van der Waals surface area contributed by atoms with Gasteiger partial charge in [-0.2, -0.15) is 4.31 Å². The van der Waals surface area contributed by atoms with Crippen molar-refractivity contribution in [2.45, 2.75) is 27.9 Å². The average Bonchev–Trinajstić information content (AvgIpc) is 3.23. The van der Waals surface area contributed by atoms with Gasteiger partial charge in [-0.1, -0.05) is 23.7 Å². The van der Waals surface area contributed by atoms with Crippen molar-refractivity contribution in [1.82, 2.24) is 14.2 Å². The van der Waals surface area contributed by atoms with Crippen LogP contribution in [-0.4, -0.2) is 71.4 Å². The number of carbonyl (C=O) groups excluding carboxylic acids is 1. The molecule has 0 saturated carbocycles. The molecule has 2 aromatic carbocycles. The number of hydrogen-bond acceptors (Lipinski definition) is 6. The van der Waals surface area contributed by atoms with Crippen molar-refractivity contribution in [2.75, 3.05) is 37.6 Å². The van der Waals surface area contributed by atoms with E-state index in [1.165, 1.54) is 9.99 Å². The van der Waals surface area contributed by atoms with Crippen LogP contribution in [0.5, 0.6) is 0 Å². The summed E-state index contributed by atoms with van der Waals surface area (Å²) in [7, 11) is -3.80. The number of piperidine rings is 1. The van der Waals surface area contributed by atoms with Crippen LogP contribution in [0.1, 0.15) is 12.8 Å². The van der Waals surface area contributed by atoms with E-state index in [9.17, 15) is 13.2 Å². The number of amides is 1. The summed E-state index contributed by atoms with van der Waals surface area (Å²) >= 11 is 7.85. The maximum atomic E-state index is 13.5. The number of anilines is 1. The highest BCUT2D eigenvalue weighted by molar-refractivity contribution is 8.01. The molecule has 3 aliphatic heterocycles. The Morgan fingerprint density at radius 2 is 1.71 bits per heavy atom. The Bertz CT molecular complexity index is 1390. The molecule has 0 radical (unpaired) electrons. The van der Waals surface area contributed by atoms with Gasteiger partial charge in [-0.15, -0.1) is 11.8 Å². The van der Waals surface area contributed by atoms with Crippen LogP contribution in [0.25, 0.3) is 10.8 Å². The molecule has 6 rings (SSSR count). The molecule has 10 heteroatoms. The summed E-state index contributed by atoms with van der Waals surface area (Å²) in [5.74, 6) is -0.113. The summed E-state index contributed by atoms with van der Waals surface area (Å²) in [4.78, 5) is 21.7. The number of thioether (sulfide) groups is 1. The van der Waals surface area contributed by atoms with E-state index in [4.69, 9.17) is 11.6 Å². The molecular weight excluding hydrogens is 504 g/mol. The van der Waals surface area contributed by atoms with Crippen LogP contribution in [0.3, 0.4) is 0 Å². The molecule has 1 amide bonds. The van der Waals surface area contributed by atoms with E-state index in [2.05, 4.69) is 9.88 Å². The number of fused-ring (bicyclic) bond motifs is 2. The van der Waals surface area contributed by atoms with Gasteiger partial charge < -0.3 is 9.80 Å². The summed E-state index contributed by atoms with van der Waals surface area (Å²) in [5.41, 5.74) is 1.17. The molecule has 3 fully saturated rings. The lowest BCUT2D eigenvalue weighted by Crippen LogP contribution is -2.55. The van der Waals surface area contributed by atoms with Crippen molar-refractivity contribution in [1.29, 1.82) is 0 Å². The minimum absolute atomic E-state index is 0.0220. The van der Waals surface area contributed by atoms with E-state index in [1.807, 2.05) is 41.6 Å². The van der Waals surface area contributed by atoms with Gasteiger partial charge in [0.05, 0.1) is 16.8 Å². The Hall–Kier alpha value is -2.33. The van der Waals surface area contributed by atoms with Gasteiger partial charge in [0.15, 0.2) is 0 Å². The number of pyridine rings is 1. The molecule has 3 aromatic rings. The summed E-state index contributed by atoms with van der Waals surface area (Å²) in [6.07, 6.45) is 5.53. The number of halogens is 1. The molecule has 4 heterocycles. The minimum atomic E-state index is -3.80. The first-order valence-electron chi connectivity index (χ1n) is 11.6. The fourth-order valence-electron chi connectivity index (χ4n) is 5.36. The second-order valence-corrected chi connectivity index (χ2v) is 13.4. The van der Waals surface area contributed by atoms with Crippen LogP contribution in [0.4, 0.5) is 5.69 Å². The number of benzene rings is 2. The average molecular weight is 529 g/mol. The van der Waals surface area contributed by atoms with Crippen molar-refractivity contribution >= 4 is 55.8 Å². The van der Waals surface area contributed by atoms with Gasteiger partial charge in [-0.05, 0) is 60.0 Å². The maximum absolute atomic E-state index is 13.5. The van der Waals surface area contributed by atoms with Crippen LogP contribution >= 0.6 is 23.4 Å². The molecule has 0 aliphatic carbocycles. The smallest absolute Gasteiger partial charge is 0.243 e. The van der Waals surface area contributed by atoms with Gasteiger partial charge in [0.1, 0.15) is 0 Å². The fourth-order valence-corrected chi connectivity index (χ4v) is 8.85. The molecule has 0 bridgehead atoms. The Kier molecular flexibility index (Phi) is 5.71. The zero-order valence-electron chi connectivity index (χ0n) is 19.0. The fraction of sp³-hybridized carbons (Fsp3) is 0.360. The van der Waals surface area contributed by atoms with E-state index in [0.717, 1.165) is 36.7 Å². The van der Waals surface area contributed by atoms with Crippen molar-refractivity contribution in [3.63, 3.8) is 0 Å². The van der Waals surface area contributed by atoms with Gasteiger partial charge in [-0.25, -0.2) is 8.42 Å². The monoisotopic (exact) mass is 528 g/mol. The first-order chi connectivity index (χ1) is 16.8. The Balaban J connectivity index is 1.19. The molecule has 1 unspecified atom stereocenters. The molecule has 0 N–H and O–H groups in total. The Morgan fingerprint density at radius 1 is 1.00 bits per heavy atom. The highest BCUT2D eigenvalue weighted by Crippen LogP contribution is 2.48. The van der Waals surface area contributed by atoms with Crippen LogP contribution in [0.15, 0.2) is 65.8 Å². The number of nitrogens with zero attached hydrogens (tertiary/aromatic N) is 4. The molecule has 182 valence electrons. The molecule has 3 aliphatic rings. The SMILES string of the molecule is O=C1CN(S(=O)(=O)c2ccc3cc(Cl)ccc3c2)CC2SC3(CCN(c4ccncc4)CC3)CN12. The number of hydrogen-bond donors (Lipinski definition) is 0. The van der Waals surface area contributed by atoms with Gasteiger partial charge in [0, 0.05) is 54.0 Å². The van der Waals surface area contributed by atoms with Crippen LogP contribution in [0.2, 0.25) is 5.02 Å². The highest BCUT2D eigenvalue weighted by Gasteiger charge is 2.51. The van der Waals surface area contributed by atoms with E-state index in [-0.39, 0.29) is 27.5 Å². The normalized spacial score (nSPS) is 22.7. The topological polar surface area (TPSA) is 73.8 Å². The summed E-state index contributed by atoms with van der Waals surface area (Å²) < 4.78 is 28.3. The van der Waals surface area contributed by atoms with E-state index in [0.29, 0.717) is 18.1 Å². The number of aromatic nitrogens is 1. The second-order valence-electron chi connectivity index (χ2n) is 9.42. The molecule has 1 spiro atoms. The molecule has 7 nitrogen and oxygen atoms in total. The third-order valence-electron chi connectivity index (χ3n) is 7.30. The molecular formula is C25H25ClN4O3S2. The second kappa shape index (κ2) is 8.65. The van der Waals surface area contributed by atoms with E-state index >= 15 is 0 Å². The quantitative estimate of drug-likeness (QED) is 0.514. The van der Waals surface area contributed by atoms with Gasteiger partial charge >= 0.3 is 0 Å². The number of sulfonamides is 1. The molecule has 1 atom stereocenters. The molecule has 1 aromatic heterocycles. The number of carbonyl (C=O) groups is 1. The van der Waals surface area contributed by atoms with Gasteiger partial charge in [0.25, 0.3) is 0 Å². The summed E-state index contributed by atoms with van der Waals surface area (Å²) in [6, 6.07) is 14.4. The first kappa shape index (κ1) is 23.1. The number of rotatable bonds is 3. The third-order valence-corrected chi connectivity index (χ3v) is 11.1. The Labute approximate surface area is 214 Å². The van der Waals surface area contributed by atoms with E-state index in [1.54, 1.807) is 36.0 Å². The predicted octanol–water partition coefficient (Wildman–Crippen LogP) is 3.83. The zero-order valence-corrected chi connectivity index (χ0v) is 21.4. The van der Waals surface area contributed by atoms with Crippen molar-refractivity contribution in [3.05, 3.63) is 65.9 Å². The standard InChI is InChI=1S/C25H25ClN4O3S2/c26-20-3-1-19-14-22(4-2-18(19)13-20)35(32,33)29-15-23(31)30-17-25(34-24(30)16-29)7-11-28(12-8-25)21-5-9-27-10-6-21/h1-6,9-10,13-14,24H,7-8,11-12,15-17H2. The van der Waals surface area contributed by atoms with Crippen molar-refractivity contribution in [3.8, 4) is 0 Å². The predicted molar refractivity (Wildman–Crippen MR) is 139 cm³/mol. The summed E-state index contributed by atoms with van der Waals surface area (Å²) in [5, 5.41) is 2.13. The van der Waals surface area contributed by atoms with Crippen LogP contribution in [-0.2, 0) is 14.8 Å².